The molecule has 5 heteroatoms. The van der Waals surface area contributed by atoms with Crippen molar-refractivity contribution in [3.63, 3.8) is 0 Å². The number of hydrogen-bond acceptors (Lipinski definition) is 4. The van der Waals surface area contributed by atoms with Crippen molar-refractivity contribution in [3.05, 3.63) is 60.2 Å². The maximum atomic E-state index is 11.8. The SMILES string of the molecule is NC(=O)[C@H](Nc1cccc(OC[C@@H]2CCCO2)c1)c1ccccc1. The van der Waals surface area contributed by atoms with Gasteiger partial charge >= 0.3 is 0 Å². The van der Waals surface area contributed by atoms with Gasteiger partial charge in [0.15, 0.2) is 0 Å². The zero-order valence-electron chi connectivity index (χ0n) is 13.5. The lowest BCUT2D eigenvalue weighted by molar-refractivity contribution is -0.118. The number of anilines is 1. The third kappa shape index (κ3) is 4.26. The molecule has 0 aromatic heterocycles. The predicted molar refractivity (Wildman–Crippen MR) is 92.9 cm³/mol. The van der Waals surface area contributed by atoms with E-state index in [1.54, 1.807) is 0 Å². The number of carbonyl (C=O) groups is 1. The van der Waals surface area contributed by atoms with Crippen molar-refractivity contribution in [2.24, 2.45) is 5.73 Å². The van der Waals surface area contributed by atoms with Crippen LogP contribution in [0.2, 0.25) is 0 Å². The Hall–Kier alpha value is -2.53. The van der Waals surface area contributed by atoms with Gasteiger partial charge in [-0.05, 0) is 30.5 Å². The average molecular weight is 326 g/mol. The van der Waals surface area contributed by atoms with E-state index < -0.39 is 11.9 Å². The smallest absolute Gasteiger partial charge is 0.244 e. The summed E-state index contributed by atoms with van der Waals surface area (Å²) in [6, 6.07) is 16.4. The lowest BCUT2D eigenvalue weighted by Crippen LogP contribution is -2.27. The molecule has 3 rings (SSSR count). The first kappa shape index (κ1) is 16.3. The molecule has 0 saturated carbocycles. The number of amides is 1. The van der Waals surface area contributed by atoms with Crippen molar-refractivity contribution >= 4 is 11.6 Å². The van der Waals surface area contributed by atoms with Gasteiger partial charge in [0.25, 0.3) is 0 Å². The quantitative estimate of drug-likeness (QED) is 0.820. The van der Waals surface area contributed by atoms with E-state index in [4.69, 9.17) is 15.2 Å². The molecule has 1 saturated heterocycles. The standard InChI is InChI=1S/C19H22N2O3/c20-19(22)18(14-6-2-1-3-7-14)21-15-8-4-9-16(12-15)24-13-17-10-5-11-23-17/h1-4,6-9,12,17-18,21H,5,10-11,13H2,(H2,20,22)/t17-,18+/m0/s1. The normalized spacial score (nSPS) is 18.1. The van der Waals surface area contributed by atoms with E-state index in [1.807, 2.05) is 54.6 Å². The Kier molecular flexibility index (Phi) is 5.33. The Labute approximate surface area is 141 Å². The van der Waals surface area contributed by atoms with Gasteiger partial charge in [-0.3, -0.25) is 4.79 Å². The minimum absolute atomic E-state index is 0.171. The largest absolute Gasteiger partial charge is 0.491 e. The number of carbonyl (C=O) groups excluding carboxylic acids is 1. The summed E-state index contributed by atoms with van der Waals surface area (Å²) >= 11 is 0. The molecule has 0 aliphatic carbocycles. The highest BCUT2D eigenvalue weighted by atomic mass is 16.5. The number of ether oxygens (including phenoxy) is 2. The second kappa shape index (κ2) is 7.84. The monoisotopic (exact) mass is 326 g/mol. The maximum Gasteiger partial charge on any atom is 0.244 e. The third-order valence-corrected chi connectivity index (χ3v) is 4.02. The van der Waals surface area contributed by atoms with E-state index in [0.29, 0.717) is 6.61 Å². The molecule has 5 nitrogen and oxygen atoms in total. The van der Waals surface area contributed by atoms with Gasteiger partial charge in [0.2, 0.25) is 5.91 Å². The second-order valence-electron chi connectivity index (χ2n) is 5.86. The van der Waals surface area contributed by atoms with E-state index in [-0.39, 0.29) is 6.10 Å². The number of primary amides is 1. The van der Waals surface area contributed by atoms with Gasteiger partial charge in [0, 0.05) is 18.4 Å². The first-order valence-corrected chi connectivity index (χ1v) is 8.17. The van der Waals surface area contributed by atoms with Crippen molar-refractivity contribution in [2.75, 3.05) is 18.5 Å². The molecule has 2 atom stereocenters. The van der Waals surface area contributed by atoms with Gasteiger partial charge in [-0.25, -0.2) is 0 Å². The van der Waals surface area contributed by atoms with Crippen LogP contribution in [0, 0.1) is 0 Å². The van der Waals surface area contributed by atoms with Crippen molar-refractivity contribution in [3.8, 4) is 5.75 Å². The second-order valence-corrected chi connectivity index (χ2v) is 5.86. The minimum Gasteiger partial charge on any atom is -0.491 e. The molecule has 0 radical (unpaired) electrons. The Morgan fingerprint density at radius 3 is 2.79 bits per heavy atom. The summed E-state index contributed by atoms with van der Waals surface area (Å²) in [7, 11) is 0. The first-order valence-electron chi connectivity index (χ1n) is 8.17. The summed E-state index contributed by atoms with van der Waals surface area (Å²) in [4.78, 5) is 11.8. The van der Waals surface area contributed by atoms with Crippen LogP contribution in [0.5, 0.6) is 5.75 Å². The molecule has 2 aromatic carbocycles. The number of nitrogens with two attached hydrogens (primary N) is 1. The molecule has 3 N–H and O–H groups in total. The molecular formula is C19H22N2O3. The maximum absolute atomic E-state index is 11.8. The Morgan fingerprint density at radius 1 is 1.25 bits per heavy atom. The van der Waals surface area contributed by atoms with Crippen LogP contribution in [-0.4, -0.2) is 25.2 Å². The van der Waals surface area contributed by atoms with Gasteiger partial charge < -0.3 is 20.5 Å². The topological polar surface area (TPSA) is 73.6 Å². The number of benzene rings is 2. The van der Waals surface area contributed by atoms with Crippen molar-refractivity contribution in [2.45, 2.75) is 25.0 Å². The minimum atomic E-state index is -0.584. The highest BCUT2D eigenvalue weighted by Gasteiger charge is 2.18. The van der Waals surface area contributed by atoms with E-state index >= 15 is 0 Å². The number of hydrogen-bond donors (Lipinski definition) is 2. The summed E-state index contributed by atoms with van der Waals surface area (Å²) < 4.78 is 11.4. The molecule has 1 amide bonds. The summed E-state index contributed by atoms with van der Waals surface area (Å²) in [5, 5.41) is 3.18. The van der Waals surface area contributed by atoms with Crippen molar-refractivity contribution in [1.29, 1.82) is 0 Å². The van der Waals surface area contributed by atoms with Crippen LogP contribution < -0.4 is 15.8 Å². The highest BCUT2D eigenvalue weighted by molar-refractivity contribution is 5.84. The zero-order chi connectivity index (χ0) is 16.8. The Balaban J connectivity index is 1.67. The van der Waals surface area contributed by atoms with E-state index in [1.165, 1.54) is 0 Å². The van der Waals surface area contributed by atoms with Crippen LogP contribution in [0.4, 0.5) is 5.69 Å². The van der Waals surface area contributed by atoms with Gasteiger partial charge in [0.05, 0.1) is 6.10 Å². The first-order chi connectivity index (χ1) is 11.7. The lowest BCUT2D eigenvalue weighted by atomic mass is 10.1. The van der Waals surface area contributed by atoms with Crippen LogP contribution in [-0.2, 0) is 9.53 Å². The fourth-order valence-corrected chi connectivity index (χ4v) is 2.77. The van der Waals surface area contributed by atoms with Crippen LogP contribution in [0.1, 0.15) is 24.4 Å². The fourth-order valence-electron chi connectivity index (χ4n) is 2.77. The molecule has 2 aromatic rings. The summed E-state index contributed by atoms with van der Waals surface area (Å²) in [5.41, 5.74) is 7.16. The van der Waals surface area contributed by atoms with Gasteiger partial charge in [0.1, 0.15) is 18.4 Å². The van der Waals surface area contributed by atoms with Crippen LogP contribution in [0.25, 0.3) is 0 Å². The molecule has 1 heterocycles. The van der Waals surface area contributed by atoms with E-state index in [2.05, 4.69) is 5.32 Å². The Morgan fingerprint density at radius 2 is 2.08 bits per heavy atom. The molecular weight excluding hydrogens is 304 g/mol. The van der Waals surface area contributed by atoms with E-state index in [0.717, 1.165) is 36.4 Å². The predicted octanol–water partition coefficient (Wildman–Crippen LogP) is 2.88. The van der Waals surface area contributed by atoms with Crippen LogP contribution in [0.15, 0.2) is 54.6 Å². The molecule has 0 bridgehead atoms. The van der Waals surface area contributed by atoms with Crippen molar-refractivity contribution < 1.29 is 14.3 Å². The summed E-state index contributed by atoms with van der Waals surface area (Å²) in [6.07, 6.45) is 2.30. The molecule has 24 heavy (non-hydrogen) atoms. The fraction of sp³-hybridized carbons (Fsp3) is 0.316. The summed E-state index contributed by atoms with van der Waals surface area (Å²) in [5.74, 6) is 0.318. The molecule has 1 aliphatic rings. The number of rotatable bonds is 7. The zero-order valence-corrected chi connectivity index (χ0v) is 13.5. The van der Waals surface area contributed by atoms with Gasteiger partial charge in [-0.2, -0.15) is 0 Å². The van der Waals surface area contributed by atoms with E-state index in [9.17, 15) is 4.79 Å². The van der Waals surface area contributed by atoms with Crippen LogP contribution in [0.3, 0.4) is 0 Å². The molecule has 0 spiro atoms. The lowest BCUT2D eigenvalue weighted by Gasteiger charge is -2.18. The average Bonchev–Trinajstić information content (AvgIpc) is 3.12. The van der Waals surface area contributed by atoms with Crippen molar-refractivity contribution in [1.82, 2.24) is 0 Å². The molecule has 1 aliphatic heterocycles. The summed E-state index contributed by atoms with van der Waals surface area (Å²) in [6.45, 7) is 1.36. The molecule has 126 valence electrons. The van der Waals surface area contributed by atoms with Gasteiger partial charge in [-0.15, -0.1) is 0 Å². The van der Waals surface area contributed by atoms with Crippen LogP contribution >= 0.6 is 0 Å². The highest BCUT2D eigenvalue weighted by Crippen LogP contribution is 2.24. The molecule has 0 unspecified atom stereocenters. The number of nitrogens with one attached hydrogen (secondary N) is 1. The molecule has 1 fully saturated rings. The van der Waals surface area contributed by atoms with Gasteiger partial charge in [-0.1, -0.05) is 36.4 Å². The third-order valence-electron chi connectivity index (χ3n) is 4.02. The Bertz CT molecular complexity index is 669.